The van der Waals surface area contributed by atoms with Gasteiger partial charge in [-0.15, -0.1) is 0 Å². The standard InChI is InChI=1S/C12H11N3O5/c16-10(17)6-15(7-11(18)19)12(20)8-5-14-4-2-1-3-9(14)13-8/h1-5H,6-7H2,(H,16,17)(H,18,19). The first-order valence-corrected chi connectivity index (χ1v) is 5.64. The van der Waals surface area contributed by atoms with Gasteiger partial charge >= 0.3 is 11.9 Å². The van der Waals surface area contributed by atoms with Gasteiger partial charge in [0.2, 0.25) is 0 Å². The van der Waals surface area contributed by atoms with E-state index in [2.05, 4.69) is 4.98 Å². The van der Waals surface area contributed by atoms with Crippen molar-refractivity contribution in [1.29, 1.82) is 0 Å². The third kappa shape index (κ3) is 2.91. The summed E-state index contributed by atoms with van der Waals surface area (Å²) < 4.78 is 1.59. The molecule has 8 nitrogen and oxygen atoms in total. The molecule has 8 heteroatoms. The largest absolute Gasteiger partial charge is 0.480 e. The van der Waals surface area contributed by atoms with E-state index in [9.17, 15) is 14.4 Å². The van der Waals surface area contributed by atoms with E-state index in [-0.39, 0.29) is 5.69 Å². The molecule has 0 aliphatic carbocycles. The zero-order valence-electron chi connectivity index (χ0n) is 10.3. The topological polar surface area (TPSA) is 112 Å². The number of fused-ring (bicyclic) bond motifs is 1. The molecular formula is C12H11N3O5. The molecule has 0 aromatic carbocycles. The fourth-order valence-electron chi connectivity index (χ4n) is 1.73. The Morgan fingerprint density at radius 1 is 1.15 bits per heavy atom. The Morgan fingerprint density at radius 3 is 2.35 bits per heavy atom. The van der Waals surface area contributed by atoms with Crippen molar-refractivity contribution in [2.45, 2.75) is 0 Å². The molecule has 20 heavy (non-hydrogen) atoms. The minimum atomic E-state index is -1.29. The molecule has 0 aliphatic rings. The van der Waals surface area contributed by atoms with Crippen LogP contribution in [-0.4, -0.2) is 55.4 Å². The number of carbonyl (C=O) groups excluding carboxylic acids is 1. The molecule has 2 heterocycles. The van der Waals surface area contributed by atoms with Crippen LogP contribution in [0.3, 0.4) is 0 Å². The molecule has 0 spiro atoms. The van der Waals surface area contributed by atoms with Gasteiger partial charge < -0.3 is 19.5 Å². The highest BCUT2D eigenvalue weighted by Gasteiger charge is 2.23. The van der Waals surface area contributed by atoms with Gasteiger partial charge in [-0.1, -0.05) is 6.07 Å². The maximum absolute atomic E-state index is 12.1. The van der Waals surface area contributed by atoms with E-state index in [0.29, 0.717) is 10.5 Å². The number of aromatic nitrogens is 2. The highest BCUT2D eigenvalue weighted by atomic mass is 16.4. The lowest BCUT2D eigenvalue weighted by Crippen LogP contribution is -2.39. The Bertz CT molecular complexity index is 630. The normalized spacial score (nSPS) is 10.4. The van der Waals surface area contributed by atoms with Crippen molar-refractivity contribution in [3.63, 3.8) is 0 Å². The number of nitrogens with zero attached hydrogens (tertiary/aromatic N) is 3. The first-order valence-electron chi connectivity index (χ1n) is 5.64. The van der Waals surface area contributed by atoms with E-state index in [0.717, 1.165) is 0 Å². The number of amides is 1. The zero-order valence-corrected chi connectivity index (χ0v) is 10.3. The van der Waals surface area contributed by atoms with Crippen LogP contribution in [0, 0.1) is 0 Å². The molecule has 104 valence electrons. The van der Waals surface area contributed by atoms with Crippen LogP contribution in [-0.2, 0) is 9.59 Å². The molecule has 0 saturated heterocycles. The number of aliphatic carboxylic acids is 2. The highest BCUT2D eigenvalue weighted by molar-refractivity contribution is 5.96. The van der Waals surface area contributed by atoms with Gasteiger partial charge in [-0.25, -0.2) is 4.98 Å². The average molecular weight is 277 g/mol. The van der Waals surface area contributed by atoms with Crippen molar-refractivity contribution in [3.05, 3.63) is 36.3 Å². The number of carboxylic acids is 2. The van der Waals surface area contributed by atoms with E-state index in [1.165, 1.54) is 6.20 Å². The van der Waals surface area contributed by atoms with Crippen molar-refractivity contribution in [3.8, 4) is 0 Å². The zero-order chi connectivity index (χ0) is 14.7. The van der Waals surface area contributed by atoms with Crippen molar-refractivity contribution in [2.75, 3.05) is 13.1 Å². The molecule has 2 N–H and O–H groups in total. The minimum Gasteiger partial charge on any atom is -0.480 e. The quantitative estimate of drug-likeness (QED) is 0.792. The minimum absolute atomic E-state index is 0.00120. The van der Waals surface area contributed by atoms with Crippen LogP contribution in [0.5, 0.6) is 0 Å². The van der Waals surface area contributed by atoms with Crippen molar-refractivity contribution in [2.24, 2.45) is 0 Å². The SMILES string of the molecule is O=C(O)CN(CC(=O)O)C(=O)c1cn2ccccc2n1. The van der Waals surface area contributed by atoms with Crippen LogP contribution in [0.2, 0.25) is 0 Å². The first kappa shape index (κ1) is 13.5. The number of hydrogen-bond acceptors (Lipinski definition) is 4. The molecule has 0 saturated carbocycles. The van der Waals surface area contributed by atoms with E-state index in [1.807, 2.05) is 0 Å². The van der Waals surface area contributed by atoms with Crippen LogP contribution >= 0.6 is 0 Å². The summed E-state index contributed by atoms with van der Waals surface area (Å²) in [5, 5.41) is 17.4. The second-order valence-electron chi connectivity index (χ2n) is 4.04. The summed E-state index contributed by atoms with van der Waals surface area (Å²) >= 11 is 0. The fourth-order valence-corrected chi connectivity index (χ4v) is 1.73. The first-order chi connectivity index (χ1) is 9.47. The average Bonchev–Trinajstić information content (AvgIpc) is 2.79. The van der Waals surface area contributed by atoms with Crippen LogP contribution < -0.4 is 0 Å². The van der Waals surface area contributed by atoms with Gasteiger partial charge in [-0.05, 0) is 12.1 Å². The van der Waals surface area contributed by atoms with Crippen molar-refractivity contribution >= 4 is 23.5 Å². The summed E-state index contributed by atoms with van der Waals surface area (Å²) in [4.78, 5) is 38.2. The van der Waals surface area contributed by atoms with E-state index in [1.54, 1.807) is 28.8 Å². The number of carboxylic acid groups (broad SMARTS) is 2. The van der Waals surface area contributed by atoms with Gasteiger partial charge in [0, 0.05) is 12.4 Å². The third-order valence-corrected chi connectivity index (χ3v) is 2.52. The lowest BCUT2D eigenvalue weighted by molar-refractivity contribution is -0.140. The molecule has 0 unspecified atom stereocenters. The lowest BCUT2D eigenvalue weighted by Gasteiger charge is -2.16. The van der Waals surface area contributed by atoms with E-state index in [4.69, 9.17) is 10.2 Å². The molecule has 1 amide bonds. The van der Waals surface area contributed by atoms with E-state index < -0.39 is 30.9 Å². The summed E-state index contributed by atoms with van der Waals surface area (Å²) in [6.45, 7) is -1.39. The van der Waals surface area contributed by atoms with Crippen molar-refractivity contribution < 1.29 is 24.6 Å². The summed E-state index contributed by atoms with van der Waals surface area (Å²) in [6, 6.07) is 5.16. The molecule has 2 aromatic heterocycles. The Kier molecular flexibility index (Phi) is 3.65. The molecule has 0 atom stereocenters. The maximum atomic E-state index is 12.1. The second kappa shape index (κ2) is 5.39. The van der Waals surface area contributed by atoms with E-state index >= 15 is 0 Å². The van der Waals surface area contributed by atoms with Crippen LogP contribution in [0.25, 0.3) is 5.65 Å². The Hall–Kier alpha value is -2.90. The molecule has 0 bridgehead atoms. The molecule has 0 fully saturated rings. The third-order valence-electron chi connectivity index (χ3n) is 2.52. The monoisotopic (exact) mass is 277 g/mol. The highest BCUT2D eigenvalue weighted by Crippen LogP contribution is 2.07. The molecular weight excluding hydrogens is 266 g/mol. The number of imidazole rings is 1. The summed E-state index contributed by atoms with van der Waals surface area (Å²) in [5.74, 6) is -3.31. The summed E-state index contributed by atoms with van der Waals surface area (Å²) in [5.41, 5.74) is 0.514. The van der Waals surface area contributed by atoms with Gasteiger partial charge in [-0.2, -0.15) is 0 Å². The number of rotatable bonds is 5. The summed E-state index contributed by atoms with van der Waals surface area (Å²) in [7, 11) is 0. The Balaban J connectivity index is 2.29. The van der Waals surface area contributed by atoms with Gasteiger partial charge in [-0.3, -0.25) is 14.4 Å². The molecule has 0 radical (unpaired) electrons. The maximum Gasteiger partial charge on any atom is 0.323 e. The second-order valence-corrected chi connectivity index (χ2v) is 4.04. The number of hydrogen-bond donors (Lipinski definition) is 2. The number of carbonyl (C=O) groups is 3. The number of pyridine rings is 1. The molecule has 0 aliphatic heterocycles. The fraction of sp³-hybridized carbons (Fsp3) is 0.167. The predicted octanol–water partition coefficient (Wildman–Crippen LogP) is -0.0543. The molecule has 2 aromatic rings. The predicted molar refractivity (Wildman–Crippen MR) is 66.4 cm³/mol. The van der Waals surface area contributed by atoms with Gasteiger partial charge in [0.15, 0.2) is 0 Å². The van der Waals surface area contributed by atoms with Crippen LogP contribution in [0.4, 0.5) is 0 Å². The van der Waals surface area contributed by atoms with Gasteiger partial charge in [0.1, 0.15) is 24.4 Å². The van der Waals surface area contributed by atoms with Crippen LogP contribution in [0.1, 0.15) is 10.5 Å². The van der Waals surface area contributed by atoms with Crippen LogP contribution in [0.15, 0.2) is 30.6 Å². The Morgan fingerprint density at radius 2 is 1.80 bits per heavy atom. The van der Waals surface area contributed by atoms with Gasteiger partial charge in [0.05, 0.1) is 0 Å². The Labute approximate surface area is 112 Å². The summed E-state index contributed by atoms with van der Waals surface area (Å²) in [6.07, 6.45) is 3.10. The smallest absolute Gasteiger partial charge is 0.323 e. The van der Waals surface area contributed by atoms with Gasteiger partial charge in [0.25, 0.3) is 5.91 Å². The molecule has 2 rings (SSSR count). The van der Waals surface area contributed by atoms with Crippen molar-refractivity contribution in [1.82, 2.24) is 14.3 Å². The lowest BCUT2D eigenvalue weighted by atomic mass is 10.3.